The largest absolute Gasteiger partial charge is 0.480 e. The lowest BCUT2D eigenvalue weighted by atomic mass is 10.6. The van der Waals surface area contributed by atoms with Gasteiger partial charge in [0.15, 0.2) is 4.21 Å². The molecule has 0 aliphatic heterocycles. The topological polar surface area (TPSA) is 125 Å². The second-order valence-electron chi connectivity index (χ2n) is 3.26. The van der Waals surface area contributed by atoms with E-state index in [0.29, 0.717) is 9.31 Å². The van der Waals surface area contributed by atoms with Crippen LogP contribution in [0.1, 0.15) is 5.01 Å². The van der Waals surface area contributed by atoms with Crippen LogP contribution in [0.4, 0.5) is 0 Å². The Hall–Kier alpha value is -1.52. The van der Waals surface area contributed by atoms with E-state index in [1.807, 2.05) is 0 Å². The van der Waals surface area contributed by atoms with Crippen molar-refractivity contribution in [3.8, 4) is 0 Å². The standard InChI is InChI=1S/C8H10N2O6S2/c1-5-9-2-8(17-5)18(15,16)10(3-6(11)12)4-7(13)14/h2H,3-4H2,1H3,(H,11,12)(H,13,14). The minimum absolute atomic E-state index is 0.178. The zero-order chi connectivity index (χ0) is 13.9. The molecule has 0 amide bonds. The Morgan fingerprint density at radius 1 is 1.33 bits per heavy atom. The molecule has 10 heteroatoms. The molecular weight excluding hydrogens is 284 g/mol. The quantitative estimate of drug-likeness (QED) is 0.732. The number of thiazole rings is 1. The van der Waals surface area contributed by atoms with Crippen LogP contribution < -0.4 is 0 Å². The van der Waals surface area contributed by atoms with E-state index in [1.165, 1.54) is 0 Å². The van der Waals surface area contributed by atoms with Crippen LogP contribution in [0.3, 0.4) is 0 Å². The first-order valence-corrected chi connectivity index (χ1v) is 6.85. The van der Waals surface area contributed by atoms with Crippen molar-refractivity contribution >= 4 is 33.3 Å². The van der Waals surface area contributed by atoms with E-state index in [9.17, 15) is 18.0 Å². The fourth-order valence-corrected chi connectivity index (χ4v) is 3.72. The minimum Gasteiger partial charge on any atom is -0.480 e. The van der Waals surface area contributed by atoms with E-state index < -0.39 is 35.1 Å². The van der Waals surface area contributed by atoms with Gasteiger partial charge in [-0.05, 0) is 6.92 Å². The van der Waals surface area contributed by atoms with Crippen LogP contribution >= 0.6 is 11.3 Å². The van der Waals surface area contributed by atoms with Gasteiger partial charge in [-0.15, -0.1) is 11.3 Å². The van der Waals surface area contributed by atoms with E-state index in [0.717, 1.165) is 17.5 Å². The lowest BCUT2D eigenvalue weighted by Gasteiger charge is -2.16. The van der Waals surface area contributed by atoms with Gasteiger partial charge in [-0.3, -0.25) is 9.59 Å². The number of aryl methyl sites for hydroxylation is 1. The van der Waals surface area contributed by atoms with E-state index in [-0.39, 0.29) is 4.21 Å². The van der Waals surface area contributed by atoms with Gasteiger partial charge in [0.2, 0.25) is 0 Å². The number of carbonyl (C=O) groups is 2. The second-order valence-corrected chi connectivity index (χ2v) is 6.66. The van der Waals surface area contributed by atoms with Crippen molar-refractivity contribution in [2.24, 2.45) is 0 Å². The number of hydrogen-bond acceptors (Lipinski definition) is 6. The summed E-state index contributed by atoms with van der Waals surface area (Å²) < 4.78 is 24.2. The third kappa shape index (κ3) is 3.48. The van der Waals surface area contributed by atoms with Gasteiger partial charge in [0.25, 0.3) is 10.0 Å². The lowest BCUT2D eigenvalue weighted by Crippen LogP contribution is -2.39. The molecular formula is C8H10N2O6S2. The Kier molecular flexibility index (Phi) is 4.38. The summed E-state index contributed by atoms with van der Waals surface area (Å²) >= 11 is 0.851. The van der Waals surface area contributed by atoms with E-state index in [1.54, 1.807) is 6.92 Å². The van der Waals surface area contributed by atoms with Crippen LogP contribution in [-0.4, -0.2) is 52.9 Å². The molecule has 0 bridgehead atoms. The van der Waals surface area contributed by atoms with Crippen molar-refractivity contribution < 1.29 is 28.2 Å². The average molecular weight is 294 g/mol. The van der Waals surface area contributed by atoms with Crippen molar-refractivity contribution in [3.63, 3.8) is 0 Å². The average Bonchev–Trinajstić information content (AvgIpc) is 2.63. The number of carboxylic acids is 2. The van der Waals surface area contributed by atoms with Crippen LogP contribution in [0.15, 0.2) is 10.4 Å². The van der Waals surface area contributed by atoms with E-state index >= 15 is 0 Å². The Bertz CT molecular complexity index is 548. The third-order valence-electron chi connectivity index (χ3n) is 1.82. The van der Waals surface area contributed by atoms with Crippen LogP contribution in [0.5, 0.6) is 0 Å². The minimum atomic E-state index is -4.14. The normalized spacial score (nSPS) is 11.7. The number of carboxylic acid groups (broad SMARTS) is 2. The van der Waals surface area contributed by atoms with Crippen molar-refractivity contribution in [2.45, 2.75) is 11.1 Å². The van der Waals surface area contributed by atoms with Crippen molar-refractivity contribution in [3.05, 3.63) is 11.2 Å². The van der Waals surface area contributed by atoms with Crippen molar-refractivity contribution in [1.29, 1.82) is 0 Å². The van der Waals surface area contributed by atoms with Gasteiger partial charge in [0, 0.05) is 0 Å². The fourth-order valence-electron chi connectivity index (χ4n) is 1.12. The first-order valence-electron chi connectivity index (χ1n) is 4.59. The summed E-state index contributed by atoms with van der Waals surface area (Å²) in [5, 5.41) is 17.7. The van der Waals surface area contributed by atoms with Crippen LogP contribution in [0.25, 0.3) is 0 Å². The number of aliphatic carboxylic acids is 2. The molecule has 0 saturated carbocycles. The predicted molar refractivity (Wildman–Crippen MR) is 60.9 cm³/mol. The molecule has 0 aliphatic carbocycles. The highest BCUT2D eigenvalue weighted by Gasteiger charge is 2.30. The highest BCUT2D eigenvalue weighted by molar-refractivity contribution is 7.91. The number of nitrogens with zero attached hydrogens (tertiary/aromatic N) is 2. The molecule has 8 nitrogen and oxygen atoms in total. The maximum Gasteiger partial charge on any atom is 0.318 e. The third-order valence-corrected chi connectivity index (χ3v) is 4.96. The monoisotopic (exact) mass is 294 g/mol. The molecule has 0 unspecified atom stereocenters. The molecule has 0 spiro atoms. The molecule has 0 aromatic carbocycles. The first kappa shape index (κ1) is 14.5. The smallest absolute Gasteiger partial charge is 0.318 e. The summed E-state index contributed by atoms with van der Waals surface area (Å²) in [5.41, 5.74) is 0. The van der Waals surface area contributed by atoms with E-state index in [2.05, 4.69) is 4.98 Å². The molecule has 1 rings (SSSR count). The van der Waals surface area contributed by atoms with Gasteiger partial charge < -0.3 is 10.2 Å². The SMILES string of the molecule is Cc1ncc(S(=O)(=O)N(CC(=O)O)CC(=O)O)s1. The molecule has 0 atom stereocenters. The molecule has 0 fully saturated rings. The fraction of sp³-hybridized carbons (Fsp3) is 0.375. The van der Waals surface area contributed by atoms with Gasteiger partial charge in [-0.25, -0.2) is 13.4 Å². The summed E-state index contributed by atoms with van der Waals surface area (Å²) in [6.07, 6.45) is 1.08. The number of sulfonamides is 1. The Balaban J connectivity index is 3.10. The highest BCUT2D eigenvalue weighted by Crippen LogP contribution is 2.21. The molecule has 1 aromatic rings. The molecule has 1 heterocycles. The second kappa shape index (κ2) is 5.42. The maximum atomic E-state index is 12.0. The molecule has 0 radical (unpaired) electrons. The molecule has 2 N–H and O–H groups in total. The van der Waals surface area contributed by atoms with Gasteiger partial charge >= 0.3 is 11.9 Å². The number of rotatable bonds is 6. The first-order chi connectivity index (χ1) is 8.23. The maximum absolute atomic E-state index is 12.0. The Morgan fingerprint density at radius 2 is 1.83 bits per heavy atom. The molecule has 1 aromatic heterocycles. The Labute approximate surface area is 107 Å². The molecule has 100 valence electrons. The van der Waals surface area contributed by atoms with Gasteiger partial charge in [0.1, 0.15) is 13.1 Å². The zero-order valence-corrected chi connectivity index (χ0v) is 10.9. The summed E-state index contributed by atoms with van der Waals surface area (Å²) in [4.78, 5) is 24.9. The van der Waals surface area contributed by atoms with Gasteiger partial charge in [0.05, 0.1) is 11.2 Å². The highest BCUT2D eigenvalue weighted by atomic mass is 32.2. The van der Waals surface area contributed by atoms with Crippen molar-refractivity contribution in [2.75, 3.05) is 13.1 Å². The van der Waals surface area contributed by atoms with Crippen molar-refractivity contribution in [1.82, 2.24) is 9.29 Å². The van der Waals surface area contributed by atoms with Gasteiger partial charge in [-0.1, -0.05) is 0 Å². The Morgan fingerprint density at radius 3 is 2.17 bits per heavy atom. The predicted octanol–water partition coefficient (Wildman–Crippen LogP) is -0.389. The lowest BCUT2D eigenvalue weighted by molar-refractivity contribution is -0.139. The summed E-state index contributed by atoms with van der Waals surface area (Å²) in [7, 11) is -4.14. The number of hydrogen-bond donors (Lipinski definition) is 2. The van der Waals surface area contributed by atoms with E-state index in [4.69, 9.17) is 10.2 Å². The summed E-state index contributed by atoms with van der Waals surface area (Å²) in [5.74, 6) is -2.86. The molecule has 0 aliphatic rings. The summed E-state index contributed by atoms with van der Waals surface area (Å²) in [6, 6.07) is 0. The van der Waals surface area contributed by atoms with Crippen LogP contribution in [-0.2, 0) is 19.6 Å². The van der Waals surface area contributed by atoms with Crippen LogP contribution in [0.2, 0.25) is 0 Å². The molecule has 18 heavy (non-hydrogen) atoms. The number of aromatic nitrogens is 1. The molecule has 0 saturated heterocycles. The summed E-state index contributed by atoms with van der Waals surface area (Å²) in [6.45, 7) is -0.237. The zero-order valence-electron chi connectivity index (χ0n) is 9.23. The van der Waals surface area contributed by atoms with Crippen LogP contribution in [0, 0.1) is 6.92 Å². The van der Waals surface area contributed by atoms with Gasteiger partial charge in [-0.2, -0.15) is 4.31 Å².